The molecular weight excluding hydrogens is 340 g/mol. The largest absolute Gasteiger partial charge is 0.497 e. The Morgan fingerprint density at radius 3 is 2.77 bits per heavy atom. The van der Waals surface area contributed by atoms with Crippen molar-refractivity contribution in [1.29, 1.82) is 0 Å². The molecule has 0 unspecified atom stereocenters. The number of nitrogens with zero attached hydrogens (tertiary/aromatic N) is 4. The molecule has 0 aliphatic heterocycles. The van der Waals surface area contributed by atoms with Crippen molar-refractivity contribution in [2.75, 3.05) is 7.11 Å². The molecule has 9 nitrogen and oxygen atoms in total. The van der Waals surface area contributed by atoms with E-state index in [1.54, 1.807) is 43.5 Å². The fourth-order valence-corrected chi connectivity index (χ4v) is 2.07. The highest BCUT2D eigenvalue weighted by Gasteiger charge is 2.09. The molecule has 9 heteroatoms. The standard InChI is InChI=1S/C17H14N4O5/c1-24-15-7-5-13(6-8-15)17-20-19-16(26-17)11-25-18-10-12-3-2-4-14(9-12)21(22)23/h2-10H,11H2,1H3/b18-10+. The fraction of sp³-hybridized carbons (Fsp3) is 0.118. The van der Waals surface area contributed by atoms with E-state index in [4.69, 9.17) is 14.0 Å². The number of benzene rings is 2. The van der Waals surface area contributed by atoms with Gasteiger partial charge in [-0.1, -0.05) is 17.3 Å². The van der Waals surface area contributed by atoms with Crippen molar-refractivity contribution >= 4 is 11.9 Å². The van der Waals surface area contributed by atoms with Crippen molar-refractivity contribution in [2.45, 2.75) is 6.61 Å². The summed E-state index contributed by atoms with van der Waals surface area (Å²) in [7, 11) is 1.59. The Hall–Kier alpha value is -3.75. The number of nitro groups is 1. The van der Waals surface area contributed by atoms with E-state index in [1.165, 1.54) is 18.3 Å². The molecule has 3 rings (SSSR count). The van der Waals surface area contributed by atoms with E-state index >= 15 is 0 Å². The zero-order valence-electron chi connectivity index (χ0n) is 13.7. The average molecular weight is 354 g/mol. The number of aromatic nitrogens is 2. The van der Waals surface area contributed by atoms with Gasteiger partial charge in [0.15, 0.2) is 6.61 Å². The lowest BCUT2D eigenvalue weighted by molar-refractivity contribution is -0.384. The first-order chi connectivity index (χ1) is 12.7. The van der Waals surface area contributed by atoms with Crippen LogP contribution in [0.5, 0.6) is 5.75 Å². The maximum atomic E-state index is 10.7. The van der Waals surface area contributed by atoms with Gasteiger partial charge in [-0.25, -0.2) is 0 Å². The van der Waals surface area contributed by atoms with Gasteiger partial charge in [-0.15, -0.1) is 10.2 Å². The lowest BCUT2D eigenvalue weighted by Crippen LogP contribution is -1.91. The summed E-state index contributed by atoms with van der Waals surface area (Å²) in [4.78, 5) is 15.3. The number of hydrogen-bond donors (Lipinski definition) is 0. The third kappa shape index (κ3) is 4.20. The van der Waals surface area contributed by atoms with E-state index in [0.29, 0.717) is 11.5 Å². The van der Waals surface area contributed by atoms with Crippen LogP contribution in [0.4, 0.5) is 5.69 Å². The number of nitro benzene ring substituents is 1. The second-order valence-electron chi connectivity index (χ2n) is 5.09. The summed E-state index contributed by atoms with van der Waals surface area (Å²) >= 11 is 0. The molecule has 3 aromatic rings. The molecule has 0 saturated heterocycles. The van der Waals surface area contributed by atoms with E-state index in [-0.39, 0.29) is 18.2 Å². The maximum Gasteiger partial charge on any atom is 0.270 e. The first-order valence-corrected chi connectivity index (χ1v) is 7.52. The van der Waals surface area contributed by atoms with Gasteiger partial charge in [0, 0.05) is 23.3 Å². The lowest BCUT2D eigenvalue weighted by atomic mass is 10.2. The Balaban J connectivity index is 1.58. The van der Waals surface area contributed by atoms with Gasteiger partial charge in [0.2, 0.25) is 5.89 Å². The smallest absolute Gasteiger partial charge is 0.270 e. The molecular formula is C17H14N4O5. The number of oxime groups is 1. The molecule has 132 valence electrons. The van der Waals surface area contributed by atoms with Crippen LogP contribution in [0.25, 0.3) is 11.5 Å². The molecule has 0 amide bonds. The molecule has 0 fully saturated rings. The van der Waals surface area contributed by atoms with Crippen LogP contribution in [-0.2, 0) is 11.4 Å². The summed E-state index contributed by atoms with van der Waals surface area (Å²) in [5.41, 5.74) is 1.28. The van der Waals surface area contributed by atoms with Gasteiger partial charge in [0.25, 0.3) is 11.6 Å². The zero-order valence-corrected chi connectivity index (χ0v) is 13.7. The predicted octanol–water partition coefficient (Wildman–Crippen LogP) is 3.20. The SMILES string of the molecule is COc1ccc(-c2nnc(CO/N=C/c3cccc([N+](=O)[O-])c3)o2)cc1. The summed E-state index contributed by atoms with van der Waals surface area (Å²) in [5, 5.41) is 22.3. The quantitative estimate of drug-likeness (QED) is 0.364. The summed E-state index contributed by atoms with van der Waals surface area (Å²) < 4.78 is 10.6. The van der Waals surface area contributed by atoms with Gasteiger partial charge in [-0.3, -0.25) is 10.1 Å². The van der Waals surface area contributed by atoms with Gasteiger partial charge in [0.05, 0.1) is 18.2 Å². The third-order valence-electron chi connectivity index (χ3n) is 3.35. The van der Waals surface area contributed by atoms with Crippen LogP contribution in [0.2, 0.25) is 0 Å². The average Bonchev–Trinajstić information content (AvgIpc) is 3.14. The van der Waals surface area contributed by atoms with E-state index in [1.807, 2.05) is 0 Å². The van der Waals surface area contributed by atoms with E-state index < -0.39 is 4.92 Å². The van der Waals surface area contributed by atoms with Crippen LogP contribution in [0.3, 0.4) is 0 Å². The second-order valence-corrected chi connectivity index (χ2v) is 5.09. The first-order valence-electron chi connectivity index (χ1n) is 7.52. The predicted molar refractivity (Wildman–Crippen MR) is 91.8 cm³/mol. The molecule has 1 aromatic heterocycles. The van der Waals surface area contributed by atoms with Crippen LogP contribution < -0.4 is 4.74 Å². The molecule has 0 N–H and O–H groups in total. The van der Waals surface area contributed by atoms with Crippen molar-refractivity contribution < 1.29 is 18.9 Å². The molecule has 0 spiro atoms. The Morgan fingerprint density at radius 2 is 2.04 bits per heavy atom. The van der Waals surface area contributed by atoms with Gasteiger partial charge in [0.1, 0.15) is 5.75 Å². The van der Waals surface area contributed by atoms with Crippen LogP contribution in [0, 0.1) is 10.1 Å². The minimum absolute atomic E-state index is 0.0185. The number of ether oxygens (including phenoxy) is 1. The minimum atomic E-state index is -0.475. The topological polar surface area (TPSA) is 113 Å². The van der Waals surface area contributed by atoms with Gasteiger partial charge >= 0.3 is 0 Å². The van der Waals surface area contributed by atoms with E-state index in [0.717, 1.165) is 11.3 Å². The Labute approximate surface area is 148 Å². The zero-order chi connectivity index (χ0) is 18.4. The maximum absolute atomic E-state index is 10.7. The molecule has 2 aromatic carbocycles. The van der Waals surface area contributed by atoms with Crippen molar-refractivity contribution in [1.82, 2.24) is 10.2 Å². The second kappa shape index (κ2) is 7.88. The third-order valence-corrected chi connectivity index (χ3v) is 3.35. The van der Waals surface area contributed by atoms with E-state index in [2.05, 4.69) is 15.4 Å². The lowest BCUT2D eigenvalue weighted by Gasteiger charge is -1.99. The van der Waals surface area contributed by atoms with Crippen molar-refractivity contribution in [3.63, 3.8) is 0 Å². The monoisotopic (exact) mass is 354 g/mol. The minimum Gasteiger partial charge on any atom is -0.497 e. The van der Waals surface area contributed by atoms with E-state index in [9.17, 15) is 10.1 Å². The van der Waals surface area contributed by atoms with Crippen molar-refractivity contribution in [3.05, 3.63) is 70.1 Å². The fourth-order valence-electron chi connectivity index (χ4n) is 2.07. The van der Waals surface area contributed by atoms with Crippen LogP contribution in [-0.4, -0.2) is 28.4 Å². The highest BCUT2D eigenvalue weighted by Crippen LogP contribution is 2.21. The first kappa shape index (κ1) is 17.1. The molecule has 1 heterocycles. The number of methoxy groups -OCH3 is 1. The van der Waals surface area contributed by atoms with Gasteiger partial charge in [-0.05, 0) is 24.3 Å². The summed E-state index contributed by atoms with van der Waals surface area (Å²) in [6.45, 7) is -0.0193. The molecule has 26 heavy (non-hydrogen) atoms. The molecule has 0 radical (unpaired) electrons. The Bertz CT molecular complexity index is 921. The van der Waals surface area contributed by atoms with Crippen LogP contribution in [0.1, 0.15) is 11.5 Å². The van der Waals surface area contributed by atoms with Gasteiger partial charge < -0.3 is 14.0 Å². The molecule has 0 bridgehead atoms. The molecule has 0 atom stereocenters. The summed E-state index contributed by atoms with van der Waals surface area (Å²) in [6, 6.07) is 13.2. The van der Waals surface area contributed by atoms with Crippen LogP contribution >= 0.6 is 0 Å². The summed E-state index contributed by atoms with van der Waals surface area (Å²) in [6.07, 6.45) is 1.37. The number of hydrogen-bond acceptors (Lipinski definition) is 8. The highest BCUT2D eigenvalue weighted by atomic mass is 16.6. The number of non-ortho nitro benzene ring substituents is 1. The number of rotatable bonds is 7. The molecule has 0 saturated carbocycles. The highest BCUT2D eigenvalue weighted by molar-refractivity contribution is 5.80. The van der Waals surface area contributed by atoms with Crippen molar-refractivity contribution in [2.24, 2.45) is 5.16 Å². The Kier molecular flexibility index (Phi) is 5.18. The molecule has 0 aliphatic rings. The Morgan fingerprint density at radius 1 is 1.23 bits per heavy atom. The summed E-state index contributed by atoms with van der Waals surface area (Å²) in [5.74, 6) is 1.34. The normalized spacial score (nSPS) is 10.8. The van der Waals surface area contributed by atoms with Crippen LogP contribution in [0.15, 0.2) is 58.1 Å². The van der Waals surface area contributed by atoms with Gasteiger partial charge in [-0.2, -0.15) is 0 Å². The van der Waals surface area contributed by atoms with Crippen molar-refractivity contribution in [3.8, 4) is 17.2 Å². The molecule has 0 aliphatic carbocycles.